The number of ether oxygens (including phenoxy) is 1. The molecule has 0 aliphatic heterocycles. The lowest BCUT2D eigenvalue weighted by Crippen LogP contribution is -2.27. The normalized spacial score (nSPS) is 26.5. The van der Waals surface area contributed by atoms with Gasteiger partial charge in [0.15, 0.2) is 0 Å². The molecule has 1 unspecified atom stereocenters. The quantitative estimate of drug-likeness (QED) is 0.727. The van der Waals surface area contributed by atoms with Gasteiger partial charge < -0.3 is 10.5 Å². The lowest BCUT2D eigenvalue weighted by atomic mass is 9.82. The molecule has 0 heterocycles. The van der Waals surface area contributed by atoms with Crippen molar-refractivity contribution >= 4 is 5.97 Å². The summed E-state index contributed by atoms with van der Waals surface area (Å²) in [7, 11) is 0. The van der Waals surface area contributed by atoms with Gasteiger partial charge in [0.05, 0.1) is 12.5 Å². The minimum Gasteiger partial charge on any atom is -0.465 e. The summed E-state index contributed by atoms with van der Waals surface area (Å²) in [5.74, 6) is 1.26. The van der Waals surface area contributed by atoms with Gasteiger partial charge >= 0.3 is 5.97 Å². The Bertz CT molecular complexity index is 222. The highest BCUT2D eigenvalue weighted by Gasteiger charge is 2.26. The van der Waals surface area contributed by atoms with Crippen molar-refractivity contribution in [3.05, 3.63) is 0 Å². The Hall–Kier alpha value is -0.570. The van der Waals surface area contributed by atoms with Crippen molar-refractivity contribution in [2.75, 3.05) is 13.2 Å². The maximum Gasteiger partial charge on any atom is 0.308 e. The third-order valence-electron chi connectivity index (χ3n) is 3.81. The van der Waals surface area contributed by atoms with Crippen molar-refractivity contribution in [2.24, 2.45) is 23.5 Å². The SMILES string of the molecule is CCCC(C)COC(=O)C1CCC(CN)CC1. The van der Waals surface area contributed by atoms with E-state index in [0.717, 1.165) is 45.1 Å². The molecule has 3 nitrogen and oxygen atoms in total. The van der Waals surface area contributed by atoms with Crippen LogP contribution in [0.15, 0.2) is 0 Å². The van der Waals surface area contributed by atoms with Gasteiger partial charge in [0, 0.05) is 0 Å². The molecule has 3 heteroatoms. The second-order valence-electron chi connectivity index (χ2n) is 5.48. The molecule has 1 aliphatic carbocycles. The Labute approximate surface area is 105 Å². The van der Waals surface area contributed by atoms with Crippen molar-refractivity contribution < 1.29 is 9.53 Å². The maximum absolute atomic E-state index is 11.8. The molecule has 1 fully saturated rings. The van der Waals surface area contributed by atoms with E-state index in [9.17, 15) is 4.79 Å². The topological polar surface area (TPSA) is 52.3 Å². The van der Waals surface area contributed by atoms with E-state index in [-0.39, 0.29) is 11.9 Å². The van der Waals surface area contributed by atoms with E-state index >= 15 is 0 Å². The molecule has 0 saturated heterocycles. The molecular weight excluding hydrogens is 214 g/mol. The van der Waals surface area contributed by atoms with Gasteiger partial charge in [0.2, 0.25) is 0 Å². The first-order valence-electron chi connectivity index (χ1n) is 7.04. The number of rotatable bonds is 6. The smallest absolute Gasteiger partial charge is 0.308 e. The van der Waals surface area contributed by atoms with E-state index in [2.05, 4.69) is 13.8 Å². The Balaban J connectivity index is 2.20. The van der Waals surface area contributed by atoms with Gasteiger partial charge in [0.1, 0.15) is 0 Å². The zero-order chi connectivity index (χ0) is 12.7. The largest absolute Gasteiger partial charge is 0.465 e. The van der Waals surface area contributed by atoms with Crippen LogP contribution in [-0.2, 0) is 9.53 Å². The van der Waals surface area contributed by atoms with E-state index in [1.54, 1.807) is 0 Å². The van der Waals surface area contributed by atoms with Crippen LogP contribution in [0, 0.1) is 17.8 Å². The summed E-state index contributed by atoms with van der Waals surface area (Å²) in [5, 5.41) is 0. The van der Waals surface area contributed by atoms with Crippen molar-refractivity contribution in [3.8, 4) is 0 Å². The van der Waals surface area contributed by atoms with E-state index in [1.807, 2.05) is 0 Å². The van der Waals surface area contributed by atoms with Crippen LogP contribution < -0.4 is 5.73 Å². The number of hydrogen-bond acceptors (Lipinski definition) is 3. The molecule has 100 valence electrons. The lowest BCUT2D eigenvalue weighted by molar-refractivity contribution is -0.151. The molecule has 0 aromatic heterocycles. The molecule has 1 atom stereocenters. The molecule has 0 bridgehead atoms. The highest BCUT2D eigenvalue weighted by molar-refractivity contribution is 5.72. The minimum absolute atomic E-state index is 0.0171. The summed E-state index contributed by atoms with van der Waals surface area (Å²) < 4.78 is 5.39. The average molecular weight is 241 g/mol. The number of carbonyl (C=O) groups excluding carboxylic acids is 1. The molecule has 0 aromatic carbocycles. The molecule has 2 N–H and O–H groups in total. The zero-order valence-corrected chi connectivity index (χ0v) is 11.3. The van der Waals surface area contributed by atoms with Crippen LogP contribution >= 0.6 is 0 Å². The van der Waals surface area contributed by atoms with Gasteiger partial charge in [-0.3, -0.25) is 4.79 Å². The highest BCUT2D eigenvalue weighted by atomic mass is 16.5. The fraction of sp³-hybridized carbons (Fsp3) is 0.929. The summed E-state index contributed by atoms with van der Waals surface area (Å²) >= 11 is 0. The van der Waals surface area contributed by atoms with Crippen LogP contribution in [0.1, 0.15) is 52.4 Å². The molecule has 1 saturated carbocycles. The van der Waals surface area contributed by atoms with Crippen LogP contribution in [0.4, 0.5) is 0 Å². The summed E-state index contributed by atoms with van der Waals surface area (Å²) in [4.78, 5) is 11.8. The number of carbonyl (C=O) groups is 1. The summed E-state index contributed by atoms with van der Waals surface area (Å²) in [5.41, 5.74) is 5.64. The molecule has 17 heavy (non-hydrogen) atoms. The first-order chi connectivity index (χ1) is 8.17. The predicted octanol–water partition coefficient (Wildman–Crippen LogP) is 2.73. The summed E-state index contributed by atoms with van der Waals surface area (Å²) in [6, 6.07) is 0. The fourth-order valence-electron chi connectivity index (χ4n) is 2.55. The van der Waals surface area contributed by atoms with Crippen LogP contribution in [0.3, 0.4) is 0 Å². The van der Waals surface area contributed by atoms with Crippen molar-refractivity contribution in [1.29, 1.82) is 0 Å². The van der Waals surface area contributed by atoms with E-state index in [0.29, 0.717) is 18.4 Å². The fourth-order valence-corrected chi connectivity index (χ4v) is 2.55. The van der Waals surface area contributed by atoms with Crippen molar-refractivity contribution in [2.45, 2.75) is 52.4 Å². The molecule has 0 radical (unpaired) electrons. The number of hydrogen-bond donors (Lipinski definition) is 1. The van der Waals surface area contributed by atoms with E-state index < -0.39 is 0 Å². The van der Waals surface area contributed by atoms with Crippen LogP contribution in [0.25, 0.3) is 0 Å². The summed E-state index contributed by atoms with van der Waals surface area (Å²) in [6.45, 7) is 5.65. The Morgan fingerprint density at radius 1 is 1.35 bits per heavy atom. The van der Waals surface area contributed by atoms with Gasteiger partial charge in [-0.25, -0.2) is 0 Å². The Morgan fingerprint density at radius 2 is 2.00 bits per heavy atom. The standard InChI is InChI=1S/C14H27NO2/c1-3-4-11(2)10-17-14(16)13-7-5-12(9-15)6-8-13/h11-13H,3-10,15H2,1-2H3. The predicted molar refractivity (Wildman–Crippen MR) is 69.5 cm³/mol. The van der Waals surface area contributed by atoms with Gasteiger partial charge in [-0.05, 0) is 50.5 Å². The van der Waals surface area contributed by atoms with Crippen LogP contribution in [0.5, 0.6) is 0 Å². The molecule has 1 aliphatic rings. The van der Waals surface area contributed by atoms with Gasteiger partial charge in [-0.15, -0.1) is 0 Å². The molecule has 0 spiro atoms. The van der Waals surface area contributed by atoms with Crippen molar-refractivity contribution in [1.82, 2.24) is 0 Å². The third kappa shape index (κ3) is 5.07. The minimum atomic E-state index is 0.0171. The van der Waals surface area contributed by atoms with Gasteiger partial charge in [-0.2, -0.15) is 0 Å². The first kappa shape index (κ1) is 14.5. The monoisotopic (exact) mass is 241 g/mol. The van der Waals surface area contributed by atoms with E-state index in [1.165, 1.54) is 0 Å². The Morgan fingerprint density at radius 3 is 2.53 bits per heavy atom. The lowest BCUT2D eigenvalue weighted by Gasteiger charge is -2.26. The average Bonchev–Trinajstić information content (AvgIpc) is 2.36. The highest BCUT2D eigenvalue weighted by Crippen LogP contribution is 2.29. The number of nitrogens with two attached hydrogens (primary N) is 1. The number of esters is 1. The molecule has 0 aromatic rings. The zero-order valence-electron chi connectivity index (χ0n) is 11.3. The molecule has 0 amide bonds. The van der Waals surface area contributed by atoms with Gasteiger partial charge in [-0.1, -0.05) is 20.3 Å². The Kier molecular flexibility index (Phi) is 6.56. The first-order valence-corrected chi connectivity index (χ1v) is 7.04. The summed E-state index contributed by atoms with van der Waals surface area (Å²) in [6.07, 6.45) is 6.38. The van der Waals surface area contributed by atoms with Gasteiger partial charge in [0.25, 0.3) is 0 Å². The second kappa shape index (κ2) is 7.70. The van der Waals surface area contributed by atoms with Crippen LogP contribution in [0.2, 0.25) is 0 Å². The molecular formula is C14H27NO2. The third-order valence-corrected chi connectivity index (χ3v) is 3.81. The van der Waals surface area contributed by atoms with E-state index in [4.69, 9.17) is 10.5 Å². The second-order valence-corrected chi connectivity index (χ2v) is 5.48. The maximum atomic E-state index is 11.8. The van der Waals surface area contributed by atoms with Crippen molar-refractivity contribution in [3.63, 3.8) is 0 Å². The molecule has 1 rings (SSSR count). The van der Waals surface area contributed by atoms with Crippen LogP contribution in [-0.4, -0.2) is 19.1 Å².